The molecule has 1 saturated heterocycles. The first-order chi connectivity index (χ1) is 11.6. The fourth-order valence-electron chi connectivity index (χ4n) is 3.92. The lowest BCUT2D eigenvalue weighted by molar-refractivity contribution is 0.0246. The molecule has 1 heterocycles. The topological polar surface area (TPSA) is 52.6 Å². The lowest BCUT2D eigenvalue weighted by atomic mass is 9.94. The number of hydrogen-bond donors (Lipinski definition) is 2. The summed E-state index contributed by atoms with van der Waals surface area (Å²) < 4.78 is 0. The summed E-state index contributed by atoms with van der Waals surface area (Å²) in [4.78, 5) is 14.9. The number of carbonyl (C=O) groups is 1. The molecule has 0 unspecified atom stereocenters. The van der Waals surface area contributed by atoms with Crippen LogP contribution in [0.15, 0.2) is 24.3 Å². The summed E-state index contributed by atoms with van der Waals surface area (Å²) in [6.07, 6.45) is 8.63. The normalized spacial score (nSPS) is 21.4. The zero-order chi connectivity index (χ0) is 16.8. The minimum Gasteiger partial charge on any atom is -0.388 e. The second kappa shape index (κ2) is 8.13. The van der Waals surface area contributed by atoms with E-state index in [1.165, 1.54) is 31.2 Å². The van der Waals surface area contributed by atoms with Gasteiger partial charge in [-0.1, -0.05) is 37.8 Å². The second-order valence-corrected chi connectivity index (χ2v) is 7.50. The Morgan fingerprint density at radius 3 is 2.50 bits per heavy atom. The van der Waals surface area contributed by atoms with Crippen LogP contribution in [0.1, 0.15) is 67.3 Å². The van der Waals surface area contributed by atoms with Gasteiger partial charge >= 0.3 is 0 Å². The Morgan fingerprint density at radius 2 is 1.79 bits per heavy atom. The number of likely N-dealkylation sites (tertiary alicyclic amines) is 1. The van der Waals surface area contributed by atoms with Crippen LogP contribution in [0.2, 0.25) is 0 Å². The van der Waals surface area contributed by atoms with E-state index < -0.39 is 5.60 Å². The van der Waals surface area contributed by atoms with Gasteiger partial charge in [-0.15, -0.1) is 0 Å². The van der Waals surface area contributed by atoms with Gasteiger partial charge in [-0.05, 0) is 56.5 Å². The smallest absolute Gasteiger partial charge is 0.251 e. The Hall–Kier alpha value is -1.39. The van der Waals surface area contributed by atoms with Crippen molar-refractivity contribution < 1.29 is 9.90 Å². The number of amides is 1. The van der Waals surface area contributed by atoms with Gasteiger partial charge in [0.2, 0.25) is 0 Å². The van der Waals surface area contributed by atoms with Crippen molar-refractivity contribution in [3.8, 4) is 0 Å². The number of aliphatic hydroxyl groups is 1. The van der Waals surface area contributed by atoms with Gasteiger partial charge in [0, 0.05) is 18.7 Å². The largest absolute Gasteiger partial charge is 0.388 e. The maximum Gasteiger partial charge on any atom is 0.251 e. The lowest BCUT2D eigenvalue weighted by Gasteiger charge is -2.26. The van der Waals surface area contributed by atoms with Gasteiger partial charge in [-0.2, -0.15) is 0 Å². The summed E-state index contributed by atoms with van der Waals surface area (Å²) in [7, 11) is 0. The molecule has 1 aromatic carbocycles. The predicted octanol–water partition coefficient (Wildman–Crippen LogP) is 3.10. The maximum absolute atomic E-state index is 12.5. The molecule has 0 spiro atoms. The summed E-state index contributed by atoms with van der Waals surface area (Å²) in [5.74, 6) is -0.0732. The van der Waals surface area contributed by atoms with Gasteiger partial charge in [0.05, 0.1) is 5.60 Å². The Labute approximate surface area is 145 Å². The first-order valence-electron chi connectivity index (χ1n) is 9.47. The van der Waals surface area contributed by atoms with E-state index in [4.69, 9.17) is 0 Å². The van der Waals surface area contributed by atoms with E-state index in [9.17, 15) is 9.90 Å². The first kappa shape index (κ1) is 17.4. The van der Waals surface area contributed by atoms with Gasteiger partial charge < -0.3 is 10.4 Å². The summed E-state index contributed by atoms with van der Waals surface area (Å²) in [6.45, 7) is 3.60. The third kappa shape index (κ3) is 4.81. The van der Waals surface area contributed by atoms with Crippen molar-refractivity contribution in [3.05, 3.63) is 35.4 Å². The third-order valence-electron chi connectivity index (χ3n) is 5.41. The average molecular weight is 330 g/mol. The molecule has 4 nitrogen and oxygen atoms in total. The summed E-state index contributed by atoms with van der Waals surface area (Å²) in [6, 6.07) is 7.90. The molecule has 0 radical (unpaired) electrons. The molecule has 24 heavy (non-hydrogen) atoms. The van der Waals surface area contributed by atoms with Gasteiger partial charge in [0.25, 0.3) is 5.91 Å². The van der Waals surface area contributed by atoms with E-state index in [2.05, 4.69) is 16.3 Å². The lowest BCUT2D eigenvalue weighted by Crippen LogP contribution is -2.42. The maximum atomic E-state index is 12.5. The molecule has 2 aliphatic rings. The van der Waals surface area contributed by atoms with Gasteiger partial charge in [0.1, 0.15) is 0 Å². The van der Waals surface area contributed by atoms with E-state index in [0.717, 1.165) is 45.3 Å². The van der Waals surface area contributed by atoms with Crippen LogP contribution in [0.3, 0.4) is 0 Å². The van der Waals surface area contributed by atoms with E-state index in [1.54, 1.807) is 0 Å². The van der Waals surface area contributed by atoms with Crippen LogP contribution < -0.4 is 5.32 Å². The van der Waals surface area contributed by atoms with Crippen molar-refractivity contribution in [2.75, 3.05) is 19.6 Å². The molecule has 1 amide bonds. The Bertz CT molecular complexity index is 544. The van der Waals surface area contributed by atoms with Crippen LogP contribution in [0.25, 0.3) is 0 Å². The number of carbonyl (C=O) groups excluding carboxylic acids is 1. The van der Waals surface area contributed by atoms with Crippen LogP contribution >= 0.6 is 0 Å². The number of hydrogen-bond acceptors (Lipinski definition) is 3. The van der Waals surface area contributed by atoms with Gasteiger partial charge in [0.15, 0.2) is 0 Å². The molecule has 1 saturated carbocycles. The molecule has 1 aromatic rings. The number of benzene rings is 1. The SMILES string of the molecule is O=C(NCC1(O)CCCCCC1)c1cccc(CN2CCCC2)c1. The van der Waals surface area contributed by atoms with Crippen molar-refractivity contribution in [2.24, 2.45) is 0 Å². The summed E-state index contributed by atoms with van der Waals surface area (Å²) in [5.41, 5.74) is 1.17. The van der Waals surface area contributed by atoms with Crippen LogP contribution in [0.5, 0.6) is 0 Å². The zero-order valence-electron chi connectivity index (χ0n) is 14.6. The van der Waals surface area contributed by atoms with Crippen LogP contribution in [-0.2, 0) is 6.54 Å². The Balaban J connectivity index is 1.56. The van der Waals surface area contributed by atoms with Crippen LogP contribution in [0, 0.1) is 0 Å². The fraction of sp³-hybridized carbons (Fsp3) is 0.650. The van der Waals surface area contributed by atoms with Crippen molar-refractivity contribution >= 4 is 5.91 Å². The van der Waals surface area contributed by atoms with Crippen molar-refractivity contribution in [2.45, 2.75) is 63.5 Å². The van der Waals surface area contributed by atoms with Crippen molar-refractivity contribution in [3.63, 3.8) is 0 Å². The highest BCUT2D eigenvalue weighted by Crippen LogP contribution is 2.26. The molecule has 3 rings (SSSR count). The molecular formula is C20H30N2O2. The fourth-order valence-corrected chi connectivity index (χ4v) is 3.92. The van der Waals surface area contributed by atoms with Crippen molar-refractivity contribution in [1.82, 2.24) is 10.2 Å². The number of rotatable bonds is 5. The van der Waals surface area contributed by atoms with E-state index in [1.807, 2.05) is 18.2 Å². The van der Waals surface area contributed by atoms with E-state index in [0.29, 0.717) is 12.1 Å². The highest BCUT2D eigenvalue weighted by atomic mass is 16.3. The molecule has 0 bridgehead atoms. The molecule has 132 valence electrons. The molecule has 0 aromatic heterocycles. The molecular weight excluding hydrogens is 300 g/mol. The highest BCUT2D eigenvalue weighted by Gasteiger charge is 2.28. The monoisotopic (exact) mass is 330 g/mol. The van der Waals surface area contributed by atoms with E-state index in [-0.39, 0.29) is 5.91 Å². The second-order valence-electron chi connectivity index (χ2n) is 7.50. The minimum absolute atomic E-state index is 0.0732. The average Bonchev–Trinajstić information content (AvgIpc) is 3.00. The molecule has 1 aliphatic carbocycles. The van der Waals surface area contributed by atoms with Crippen LogP contribution in [0.4, 0.5) is 0 Å². The minimum atomic E-state index is -0.723. The summed E-state index contributed by atoms with van der Waals surface area (Å²) >= 11 is 0. The standard InChI is InChI=1S/C20H30N2O2/c23-19(21-16-20(24)10-3-1-2-4-11-20)18-9-7-8-17(14-18)15-22-12-5-6-13-22/h7-9,14,24H,1-6,10-13,15-16H2,(H,21,23). The molecule has 1 aliphatic heterocycles. The van der Waals surface area contributed by atoms with Gasteiger partial charge in [-0.3, -0.25) is 9.69 Å². The Kier molecular flexibility index (Phi) is 5.90. The summed E-state index contributed by atoms with van der Waals surface area (Å²) in [5, 5.41) is 13.6. The van der Waals surface area contributed by atoms with Crippen molar-refractivity contribution in [1.29, 1.82) is 0 Å². The third-order valence-corrected chi connectivity index (χ3v) is 5.41. The van der Waals surface area contributed by atoms with Crippen LogP contribution in [-0.4, -0.2) is 41.1 Å². The molecule has 2 N–H and O–H groups in total. The zero-order valence-corrected chi connectivity index (χ0v) is 14.6. The quantitative estimate of drug-likeness (QED) is 0.816. The predicted molar refractivity (Wildman–Crippen MR) is 95.9 cm³/mol. The first-order valence-corrected chi connectivity index (χ1v) is 9.47. The number of nitrogens with zero attached hydrogens (tertiary/aromatic N) is 1. The Morgan fingerprint density at radius 1 is 1.08 bits per heavy atom. The molecule has 2 fully saturated rings. The molecule has 4 heteroatoms. The number of nitrogens with one attached hydrogen (secondary N) is 1. The molecule has 0 atom stereocenters. The van der Waals surface area contributed by atoms with E-state index >= 15 is 0 Å². The van der Waals surface area contributed by atoms with Gasteiger partial charge in [-0.25, -0.2) is 0 Å². The highest BCUT2D eigenvalue weighted by molar-refractivity contribution is 5.94.